The van der Waals surface area contributed by atoms with Crippen molar-refractivity contribution in [3.05, 3.63) is 0 Å². The van der Waals surface area contributed by atoms with Crippen molar-refractivity contribution >= 4 is 0 Å². The lowest BCUT2D eigenvalue weighted by Gasteiger charge is -2.40. The van der Waals surface area contributed by atoms with Gasteiger partial charge in [0.1, 0.15) is 0 Å². The average molecular weight is 267 g/mol. The van der Waals surface area contributed by atoms with Crippen LogP contribution in [0.4, 0.5) is 13.2 Å². The van der Waals surface area contributed by atoms with Gasteiger partial charge in [-0.05, 0) is 38.6 Å². The van der Waals surface area contributed by atoms with Gasteiger partial charge < -0.3 is 10.1 Å². The smallest absolute Gasteiger partial charge is 0.373 e. The number of nitrogens with one attached hydrogen (secondary N) is 1. The molecule has 1 N–H and O–H groups in total. The molecule has 0 bridgehead atoms. The second-order valence-corrected chi connectivity index (χ2v) is 5.28. The van der Waals surface area contributed by atoms with E-state index in [2.05, 4.69) is 12.2 Å². The summed E-state index contributed by atoms with van der Waals surface area (Å²) in [4.78, 5) is 0. The van der Waals surface area contributed by atoms with E-state index in [1.165, 1.54) is 0 Å². The molecular weight excluding hydrogens is 243 g/mol. The first-order chi connectivity index (χ1) is 8.41. The summed E-state index contributed by atoms with van der Waals surface area (Å²) in [6.07, 6.45) is 0.0259. The highest BCUT2D eigenvalue weighted by Gasteiger charge is 2.36. The van der Waals surface area contributed by atoms with Gasteiger partial charge in [0.25, 0.3) is 0 Å². The van der Waals surface area contributed by atoms with Gasteiger partial charge >= 0.3 is 6.18 Å². The minimum atomic E-state index is -4.12. The molecule has 1 saturated carbocycles. The van der Waals surface area contributed by atoms with Crippen LogP contribution in [0.15, 0.2) is 0 Å². The number of hydrogen-bond donors (Lipinski definition) is 1. The molecule has 1 rings (SSSR count). The zero-order valence-corrected chi connectivity index (χ0v) is 11.3. The van der Waals surface area contributed by atoms with Crippen LogP contribution in [-0.4, -0.2) is 32.0 Å². The van der Waals surface area contributed by atoms with Crippen molar-refractivity contribution < 1.29 is 17.9 Å². The van der Waals surface area contributed by atoms with Crippen LogP contribution in [0.5, 0.6) is 0 Å². The summed E-state index contributed by atoms with van der Waals surface area (Å²) in [5.41, 5.74) is -0.383. The molecule has 0 aliphatic heterocycles. The predicted molar refractivity (Wildman–Crippen MR) is 65.5 cm³/mol. The highest BCUT2D eigenvalue weighted by molar-refractivity contribution is 4.88. The fourth-order valence-electron chi connectivity index (χ4n) is 2.69. The SMILES string of the molecule is CCC1CCC(CNC)(OCCC(F)(F)F)CC1. The van der Waals surface area contributed by atoms with E-state index in [4.69, 9.17) is 4.74 Å². The number of ether oxygens (including phenoxy) is 1. The van der Waals surface area contributed by atoms with Crippen molar-refractivity contribution in [3.8, 4) is 0 Å². The summed E-state index contributed by atoms with van der Waals surface area (Å²) in [5.74, 6) is 0.709. The molecule has 1 fully saturated rings. The van der Waals surface area contributed by atoms with Gasteiger partial charge in [-0.1, -0.05) is 13.3 Å². The fourth-order valence-corrected chi connectivity index (χ4v) is 2.69. The van der Waals surface area contributed by atoms with E-state index < -0.39 is 12.6 Å². The number of halogens is 3. The first-order valence-corrected chi connectivity index (χ1v) is 6.76. The standard InChI is InChI=1S/C13H24F3NO/c1-3-11-4-6-12(7-5-11,10-17-2)18-9-8-13(14,15)16/h11,17H,3-10H2,1-2H3. The Kier molecular flexibility index (Phi) is 5.92. The third kappa shape index (κ3) is 5.14. The van der Waals surface area contributed by atoms with Crippen molar-refractivity contribution in [1.82, 2.24) is 5.32 Å². The molecule has 0 atom stereocenters. The van der Waals surface area contributed by atoms with Gasteiger partial charge in [0.05, 0.1) is 18.6 Å². The highest BCUT2D eigenvalue weighted by atomic mass is 19.4. The monoisotopic (exact) mass is 267 g/mol. The van der Waals surface area contributed by atoms with Gasteiger partial charge in [0, 0.05) is 6.54 Å². The number of hydrogen-bond acceptors (Lipinski definition) is 2. The van der Waals surface area contributed by atoms with E-state index in [0.717, 1.165) is 32.1 Å². The van der Waals surface area contributed by atoms with Crippen molar-refractivity contribution in [1.29, 1.82) is 0 Å². The van der Waals surface area contributed by atoms with E-state index in [1.54, 1.807) is 0 Å². The van der Waals surface area contributed by atoms with E-state index in [-0.39, 0.29) is 12.2 Å². The summed E-state index contributed by atoms with van der Waals surface area (Å²) >= 11 is 0. The maximum absolute atomic E-state index is 12.1. The first kappa shape index (κ1) is 15.8. The van der Waals surface area contributed by atoms with Gasteiger partial charge in [-0.3, -0.25) is 0 Å². The Balaban J connectivity index is 2.44. The van der Waals surface area contributed by atoms with Gasteiger partial charge in [0.2, 0.25) is 0 Å². The molecule has 1 aliphatic rings. The Bertz CT molecular complexity index is 235. The molecule has 0 unspecified atom stereocenters. The molecule has 108 valence electrons. The molecule has 2 nitrogen and oxygen atoms in total. The molecular formula is C13H24F3NO. The number of alkyl halides is 3. The zero-order valence-electron chi connectivity index (χ0n) is 11.3. The molecule has 0 aromatic carbocycles. The average Bonchev–Trinajstić information content (AvgIpc) is 2.29. The van der Waals surface area contributed by atoms with Crippen LogP contribution < -0.4 is 5.32 Å². The Labute approximate surface area is 107 Å². The van der Waals surface area contributed by atoms with Crippen molar-refractivity contribution in [2.24, 2.45) is 5.92 Å². The predicted octanol–water partition coefficient (Wildman–Crippen LogP) is 3.51. The number of rotatable bonds is 6. The minimum absolute atomic E-state index is 0.220. The molecule has 0 saturated heterocycles. The zero-order chi connectivity index (χ0) is 13.6. The Morgan fingerprint density at radius 1 is 1.28 bits per heavy atom. The van der Waals surface area contributed by atoms with Gasteiger partial charge in [0.15, 0.2) is 0 Å². The maximum Gasteiger partial charge on any atom is 0.391 e. The van der Waals surface area contributed by atoms with Crippen LogP contribution in [-0.2, 0) is 4.74 Å². The van der Waals surface area contributed by atoms with Gasteiger partial charge in [-0.2, -0.15) is 13.2 Å². The maximum atomic E-state index is 12.1. The van der Waals surface area contributed by atoms with Crippen molar-refractivity contribution in [3.63, 3.8) is 0 Å². The first-order valence-electron chi connectivity index (χ1n) is 6.76. The van der Waals surface area contributed by atoms with Crippen molar-refractivity contribution in [2.75, 3.05) is 20.2 Å². The Morgan fingerprint density at radius 2 is 1.89 bits per heavy atom. The molecule has 0 heterocycles. The molecule has 0 spiro atoms. The highest BCUT2D eigenvalue weighted by Crippen LogP contribution is 2.36. The van der Waals surface area contributed by atoms with Crippen LogP contribution in [0.3, 0.4) is 0 Å². The third-order valence-electron chi connectivity index (χ3n) is 3.89. The van der Waals surface area contributed by atoms with Gasteiger partial charge in [-0.25, -0.2) is 0 Å². The summed E-state index contributed by atoms with van der Waals surface area (Å²) in [5, 5.41) is 3.05. The van der Waals surface area contributed by atoms with Crippen LogP contribution in [0.2, 0.25) is 0 Å². The molecule has 18 heavy (non-hydrogen) atoms. The second kappa shape index (κ2) is 6.75. The van der Waals surface area contributed by atoms with E-state index in [9.17, 15) is 13.2 Å². The molecule has 0 amide bonds. The topological polar surface area (TPSA) is 21.3 Å². The van der Waals surface area contributed by atoms with Crippen LogP contribution >= 0.6 is 0 Å². The van der Waals surface area contributed by atoms with Crippen molar-refractivity contribution in [2.45, 2.75) is 57.2 Å². The quantitative estimate of drug-likeness (QED) is 0.795. The van der Waals surface area contributed by atoms with E-state index >= 15 is 0 Å². The molecule has 0 aromatic heterocycles. The van der Waals surface area contributed by atoms with Crippen LogP contribution in [0.25, 0.3) is 0 Å². The molecule has 1 aliphatic carbocycles. The number of likely N-dealkylation sites (N-methyl/N-ethyl adjacent to an activating group) is 1. The fraction of sp³-hybridized carbons (Fsp3) is 1.00. The summed E-state index contributed by atoms with van der Waals surface area (Å²) in [7, 11) is 1.82. The lowest BCUT2D eigenvalue weighted by molar-refractivity contribution is -0.163. The summed E-state index contributed by atoms with van der Waals surface area (Å²) in [6, 6.07) is 0. The van der Waals surface area contributed by atoms with E-state index in [0.29, 0.717) is 12.5 Å². The minimum Gasteiger partial charge on any atom is -0.373 e. The molecule has 5 heteroatoms. The lowest BCUT2D eigenvalue weighted by atomic mass is 9.77. The second-order valence-electron chi connectivity index (χ2n) is 5.28. The lowest BCUT2D eigenvalue weighted by Crippen LogP contribution is -2.45. The Morgan fingerprint density at radius 3 is 2.33 bits per heavy atom. The van der Waals surface area contributed by atoms with E-state index in [1.807, 2.05) is 7.05 Å². The largest absolute Gasteiger partial charge is 0.391 e. The normalized spacial score (nSPS) is 29.5. The molecule has 0 radical (unpaired) electrons. The van der Waals surface area contributed by atoms with Crippen LogP contribution in [0.1, 0.15) is 45.4 Å². The third-order valence-corrected chi connectivity index (χ3v) is 3.89. The van der Waals surface area contributed by atoms with Crippen LogP contribution in [0, 0.1) is 5.92 Å². The molecule has 0 aromatic rings. The Hall–Kier alpha value is -0.290. The summed E-state index contributed by atoms with van der Waals surface area (Å²) in [6.45, 7) is 2.59. The van der Waals surface area contributed by atoms with Gasteiger partial charge in [-0.15, -0.1) is 0 Å². The summed E-state index contributed by atoms with van der Waals surface area (Å²) < 4.78 is 42.0.